The van der Waals surface area contributed by atoms with Gasteiger partial charge >= 0.3 is 0 Å². The maximum Gasteiger partial charge on any atom is 0.178 e. The molecule has 1 aliphatic rings. The molecular formula is C14H21NO2S. The van der Waals surface area contributed by atoms with Gasteiger partial charge in [-0.05, 0) is 36.1 Å². The van der Waals surface area contributed by atoms with Crippen molar-refractivity contribution < 1.29 is 8.42 Å². The van der Waals surface area contributed by atoms with E-state index < -0.39 is 9.84 Å². The van der Waals surface area contributed by atoms with Gasteiger partial charge in [0.05, 0.1) is 10.6 Å². The van der Waals surface area contributed by atoms with Crippen LogP contribution in [0, 0.1) is 0 Å². The summed E-state index contributed by atoms with van der Waals surface area (Å²) in [7, 11) is -1.20. The number of rotatable bonds is 1. The molecule has 1 heterocycles. The van der Waals surface area contributed by atoms with E-state index in [1.165, 1.54) is 5.56 Å². The first-order valence-electron chi connectivity index (χ1n) is 6.30. The van der Waals surface area contributed by atoms with Gasteiger partial charge in [-0.1, -0.05) is 32.9 Å². The van der Waals surface area contributed by atoms with Gasteiger partial charge in [-0.3, -0.25) is 0 Å². The number of hydrogen-bond acceptors (Lipinski definition) is 3. The van der Waals surface area contributed by atoms with Gasteiger partial charge in [0, 0.05) is 6.04 Å². The van der Waals surface area contributed by atoms with Crippen LogP contribution in [0.1, 0.15) is 44.4 Å². The molecule has 1 unspecified atom stereocenters. The van der Waals surface area contributed by atoms with E-state index in [0.717, 1.165) is 5.56 Å². The molecule has 18 heavy (non-hydrogen) atoms. The zero-order valence-corrected chi connectivity index (χ0v) is 12.3. The Morgan fingerprint density at radius 1 is 1.28 bits per heavy atom. The number of sulfone groups is 1. The highest BCUT2D eigenvalue weighted by molar-refractivity contribution is 7.91. The molecule has 0 spiro atoms. The Kier molecular flexibility index (Phi) is 3.28. The molecule has 0 aliphatic carbocycles. The van der Waals surface area contributed by atoms with Gasteiger partial charge in [0.1, 0.15) is 0 Å². The molecule has 0 fully saturated rings. The van der Waals surface area contributed by atoms with E-state index in [4.69, 9.17) is 0 Å². The molecule has 0 aromatic heterocycles. The minimum Gasteiger partial charge on any atom is -0.313 e. The molecule has 0 saturated heterocycles. The molecule has 1 atom stereocenters. The van der Waals surface area contributed by atoms with Crippen LogP contribution in [0.15, 0.2) is 23.1 Å². The maximum absolute atomic E-state index is 12.1. The first kappa shape index (κ1) is 13.6. The molecule has 1 aromatic carbocycles. The Morgan fingerprint density at radius 2 is 1.94 bits per heavy atom. The molecule has 0 saturated carbocycles. The summed E-state index contributed by atoms with van der Waals surface area (Å²) in [6.45, 7) is 6.42. The van der Waals surface area contributed by atoms with Crippen molar-refractivity contribution in [3.63, 3.8) is 0 Å². The van der Waals surface area contributed by atoms with Crippen LogP contribution < -0.4 is 5.32 Å². The minimum absolute atomic E-state index is 0.0362. The molecule has 0 radical (unpaired) electrons. The smallest absolute Gasteiger partial charge is 0.178 e. The predicted octanol–water partition coefficient (Wildman–Crippen LogP) is 2.42. The van der Waals surface area contributed by atoms with E-state index in [1.807, 2.05) is 19.2 Å². The van der Waals surface area contributed by atoms with E-state index in [2.05, 4.69) is 26.1 Å². The molecule has 3 nitrogen and oxygen atoms in total. The van der Waals surface area contributed by atoms with Crippen molar-refractivity contribution in [2.75, 3.05) is 12.8 Å². The second kappa shape index (κ2) is 4.35. The van der Waals surface area contributed by atoms with Crippen LogP contribution in [0.5, 0.6) is 0 Å². The van der Waals surface area contributed by atoms with Crippen molar-refractivity contribution in [2.24, 2.45) is 0 Å². The van der Waals surface area contributed by atoms with E-state index >= 15 is 0 Å². The van der Waals surface area contributed by atoms with Gasteiger partial charge < -0.3 is 5.32 Å². The van der Waals surface area contributed by atoms with Crippen molar-refractivity contribution in [3.8, 4) is 0 Å². The van der Waals surface area contributed by atoms with Crippen molar-refractivity contribution in [3.05, 3.63) is 29.3 Å². The number of nitrogens with one attached hydrogen (secondary N) is 1. The fourth-order valence-electron chi connectivity index (χ4n) is 2.41. The van der Waals surface area contributed by atoms with Crippen LogP contribution >= 0.6 is 0 Å². The zero-order valence-electron chi connectivity index (χ0n) is 11.4. The third-order valence-electron chi connectivity index (χ3n) is 3.61. The summed E-state index contributed by atoms with van der Waals surface area (Å²) in [5.41, 5.74) is 2.14. The Labute approximate surface area is 110 Å². The predicted molar refractivity (Wildman–Crippen MR) is 73.6 cm³/mol. The molecular weight excluding hydrogens is 246 g/mol. The lowest BCUT2D eigenvalue weighted by atomic mass is 9.85. The lowest BCUT2D eigenvalue weighted by Crippen LogP contribution is -2.28. The van der Waals surface area contributed by atoms with Gasteiger partial charge in [0.2, 0.25) is 0 Å². The summed E-state index contributed by atoms with van der Waals surface area (Å²) < 4.78 is 24.1. The minimum atomic E-state index is -3.09. The van der Waals surface area contributed by atoms with E-state index in [1.54, 1.807) is 6.07 Å². The number of fused-ring (bicyclic) bond motifs is 1. The van der Waals surface area contributed by atoms with E-state index in [-0.39, 0.29) is 17.2 Å². The maximum atomic E-state index is 12.1. The van der Waals surface area contributed by atoms with Gasteiger partial charge in [-0.25, -0.2) is 8.42 Å². The van der Waals surface area contributed by atoms with Gasteiger partial charge in [-0.15, -0.1) is 0 Å². The summed E-state index contributed by atoms with van der Waals surface area (Å²) in [6, 6.07) is 5.90. The molecule has 0 bridgehead atoms. The zero-order chi connectivity index (χ0) is 13.6. The first-order chi connectivity index (χ1) is 8.25. The van der Waals surface area contributed by atoms with Crippen molar-refractivity contribution in [1.29, 1.82) is 0 Å². The molecule has 0 amide bonds. The normalized spacial score (nSPS) is 22.6. The quantitative estimate of drug-likeness (QED) is 0.850. The lowest BCUT2D eigenvalue weighted by molar-refractivity contribution is 0.523. The average Bonchev–Trinajstić information content (AvgIpc) is 2.27. The van der Waals surface area contributed by atoms with Crippen LogP contribution in [-0.2, 0) is 15.3 Å². The highest BCUT2D eigenvalue weighted by Gasteiger charge is 2.30. The summed E-state index contributed by atoms with van der Waals surface area (Å²) in [6.07, 6.45) is 0.652. The highest BCUT2D eigenvalue weighted by atomic mass is 32.2. The average molecular weight is 267 g/mol. The summed E-state index contributed by atoms with van der Waals surface area (Å²) in [5, 5.41) is 3.21. The second-order valence-corrected chi connectivity index (χ2v) is 8.03. The second-order valence-electron chi connectivity index (χ2n) is 5.95. The lowest BCUT2D eigenvalue weighted by Gasteiger charge is -2.28. The van der Waals surface area contributed by atoms with Gasteiger partial charge in [-0.2, -0.15) is 0 Å². The van der Waals surface area contributed by atoms with E-state index in [9.17, 15) is 8.42 Å². The summed E-state index contributed by atoms with van der Waals surface area (Å²) in [4.78, 5) is 0.501. The number of hydrogen-bond donors (Lipinski definition) is 1. The third kappa shape index (κ3) is 2.31. The highest BCUT2D eigenvalue weighted by Crippen LogP contribution is 2.35. The van der Waals surface area contributed by atoms with Crippen LogP contribution in [-0.4, -0.2) is 21.2 Å². The molecule has 1 aliphatic heterocycles. The van der Waals surface area contributed by atoms with E-state index in [0.29, 0.717) is 11.3 Å². The topological polar surface area (TPSA) is 46.2 Å². The van der Waals surface area contributed by atoms with Crippen LogP contribution in [0.2, 0.25) is 0 Å². The van der Waals surface area contributed by atoms with Crippen molar-refractivity contribution >= 4 is 9.84 Å². The first-order valence-corrected chi connectivity index (χ1v) is 7.95. The van der Waals surface area contributed by atoms with Gasteiger partial charge in [0.15, 0.2) is 9.84 Å². The molecule has 1 N–H and O–H groups in total. The van der Waals surface area contributed by atoms with Crippen LogP contribution in [0.25, 0.3) is 0 Å². The third-order valence-corrected chi connectivity index (χ3v) is 5.43. The molecule has 1 aromatic rings. The van der Waals surface area contributed by atoms with Crippen molar-refractivity contribution in [2.45, 2.75) is 43.5 Å². The summed E-state index contributed by atoms with van der Waals surface area (Å²) in [5.74, 6) is 0.236. The Bertz CT molecular complexity index is 556. The Balaban J connectivity index is 2.62. The van der Waals surface area contributed by atoms with Crippen LogP contribution in [0.4, 0.5) is 0 Å². The van der Waals surface area contributed by atoms with Crippen molar-refractivity contribution in [1.82, 2.24) is 5.32 Å². The number of benzene rings is 1. The Hall–Kier alpha value is -0.870. The van der Waals surface area contributed by atoms with Crippen LogP contribution in [0.3, 0.4) is 0 Å². The fourth-order valence-corrected chi connectivity index (χ4v) is 4.01. The van der Waals surface area contributed by atoms with Gasteiger partial charge in [0.25, 0.3) is 0 Å². The monoisotopic (exact) mass is 267 g/mol. The molecule has 100 valence electrons. The summed E-state index contributed by atoms with van der Waals surface area (Å²) >= 11 is 0. The Morgan fingerprint density at radius 3 is 2.50 bits per heavy atom. The molecule has 4 heteroatoms. The molecule has 2 rings (SSSR count). The standard InChI is InChI=1S/C14H21NO2S/c1-14(2,3)10-5-6-13-11(9-10)12(15-4)7-8-18(13,16)17/h5-6,9,12,15H,7-8H2,1-4H3. The fraction of sp³-hybridized carbons (Fsp3) is 0.571. The SMILES string of the molecule is CNC1CCS(=O)(=O)c2ccc(C(C)(C)C)cc21. The largest absolute Gasteiger partial charge is 0.313 e.